The summed E-state index contributed by atoms with van der Waals surface area (Å²) in [6.07, 6.45) is -0.290. The molecule has 2 amide bonds. The van der Waals surface area contributed by atoms with E-state index in [9.17, 15) is 27.2 Å². The summed E-state index contributed by atoms with van der Waals surface area (Å²) in [5.74, 6) is -1.44. The number of ether oxygens (including phenoxy) is 1. The molecule has 0 aliphatic rings. The molecule has 11 nitrogen and oxygen atoms in total. The van der Waals surface area contributed by atoms with E-state index in [0.717, 1.165) is 11.8 Å². The van der Waals surface area contributed by atoms with E-state index in [1.807, 2.05) is 0 Å². The molecule has 1 unspecified atom stereocenters. The SMILES string of the molecule is COC(=O)C(CCn1nnc2ccccc2c1=O)S(=O)(=O)c1ccc(NC(=O)Nc2ccc(F)cc2)cc1. The lowest BCUT2D eigenvalue weighted by atomic mass is 10.2. The second-order valence-electron chi connectivity index (χ2n) is 8.09. The molecule has 0 aliphatic carbocycles. The summed E-state index contributed by atoms with van der Waals surface area (Å²) < 4.78 is 45.3. The number of hydrogen-bond donors (Lipinski definition) is 2. The molecule has 0 saturated heterocycles. The van der Waals surface area contributed by atoms with Crippen molar-refractivity contribution in [1.29, 1.82) is 0 Å². The predicted octanol–water partition coefficient (Wildman–Crippen LogP) is 2.98. The van der Waals surface area contributed by atoms with Gasteiger partial charge in [0, 0.05) is 17.9 Å². The largest absolute Gasteiger partial charge is 0.468 e. The third-order valence-corrected chi connectivity index (χ3v) is 7.72. The van der Waals surface area contributed by atoms with Gasteiger partial charge in [-0.1, -0.05) is 17.3 Å². The first-order valence-electron chi connectivity index (χ1n) is 11.3. The predicted molar refractivity (Wildman–Crippen MR) is 137 cm³/mol. The normalized spacial score (nSPS) is 12.1. The van der Waals surface area contributed by atoms with Crippen molar-refractivity contribution in [2.45, 2.75) is 23.1 Å². The third kappa shape index (κ3) is 5.83. The molecule has 1 aromatic heterocycles. The van der Waals surface area contributed by atoms with Crippen LogP contribution in [-0.2, 0) is 25.9 Å². The van der Waals surface area contributed by atoms with Crippen LogP contribution in [0.4, 0.5) is 20.6 Å². The van der Waals surface area contributed by atoms with Gasteiger partial charge in [0.15, 0.2) is 15.1 Å². The minimum absolute atomic E-state index is 0.186. The highest BCUT2D eigenvalue weighted by atomic mass is 32.2. The van der Waals surface area contributed by atoms with E-state index in [0.29, 0.717) is 16.6 Å². The van der Waals surface area contributed by atoms with Crippen LogP contribution in [0.15, 0.2) is 82.5 Å². The van der Waals surface area contributed by atoms with Gasteiger partial charge in [0.25, 0.3) is 5.56 Å². The van der Waals surface area contributed by atoms with E-state index in [1.165, 1.54) is 48.5 Å². The van der Waals surface area contributed by atoms with Crippen molar-refractivity contribution in [1.82, 2.24) is 15.0 Å². The number of fused-ring (bicyclic) bond motifs is 1. The number of hydrogen-bond acceptors (Lipinski definition) is 8. The van der Waals surface area contributed by atoms with Crippen LogP contribution in [0.2, 0.25) is 0 Å². The van der Waals surface area contributed by atoms with Crippen LogP contribution in [-0.4, -0.2) is 47.8 Å². The molecule has 0 fully saturated rings. The molecule has 0 bridgehead atoms. The monoisotopic (exact) mass is 539 g/mol. The van der Waals surface area contributed by atoms with Crippen LogP contribution >= 0.6 is 0 Å². The molecule has 196 valence electrons. The van der Waals surface area contributed by atoms with Crippen molar-refractivity contribution in [2.75, 3.05) is 17.7 Å². The Bertz CT molecular complexity index is 1640. The number of benzene rings is 3. The van der Waals surface area contributed by atoms with Gasteiger partial charge in [0.1, 0.15) is 11.3 Å². The molecule has 0 aliphatic heterocycles. The van der Waals surface area contributed by atoms with Crippen molar-refractivity contribution in [3.8, 4) is 0 Å². The maximum atomic E-state index is 13.3. The highest BCUT2D eigenvalue weighted by Crippen LogP contribution is 2.22. The lowest BCUT2D eigenvalue weighted by Gasteiger charge is -2.16. The molecule has 3 aromatic carbocycles. The van der Waals surface area contributed by atoms with Crippen LogP contribution in [0.3, 0.4) is 0 Å². The summed E-state index contributed by atoms with van der Waals surface area (Å²) in [6, 6.07) is 16.3. The van der Waals surface area contributed by atoms with Crippen LogP contribution in [0.25, 0.3) is 10.9 Å². The number of anilines is 2. The number of methoxy groups -OCH3 is 1. The van der Waals surface area contributed by atoms with Gasteiger partial charge in [-0.2, -0.15) is 0 Å². The Balaban J connectivity index is 1.48. The molecule has 1 heterocycles. The summed E-state index contributed by atoms with van der Waals surface area (Å²) in [5.41, 5.74) is 0.562. The van der Waals surface area contributed by atoms with Crippen molar-refractivity contribution in [3.63, 3.8) is 0 Å². The van der Waals surface area contributed by atoms with Crippen molar-refractivity contribution in [3.05, 3.63) is 89.0 Å². The van der Waals surface area contributed by atoms with Gasteiger partial charge in [0.05, 0.1) is 17.4 Å². The fraction of sp³-hybridized carbons (Fsp3) is 0.160. The first-order valence-corrected chi connectivity index (χ1v) is 12.8. The second kappa shape index (κ2) is 11.2. The molecule has 0 saturated carbocycles. The van der Waals surface area contributed by atoms with Gasteiger partial charge in [-0.3, -0.25) is 9.59 Å². The van der Waals surface area contributed by atoms with E-state index in [4.69, 9.17) is 4.74 Å². The molecule has 4 aromatic rings. The van der Waals surface area contributed by atoms with Gasteiger partial charge in [-0.15, -0.1) is 5.10 Å². The third-order valence-electron chi connectivity index (χ3n) is 5.61. The van der Waals surface area contributed by atoms with E-state index >= 15 is 0 Å². The molecule has 13 heteroatoms. The van der Waals surface area contributed by atoms with Crippen LogP contribution in [0.5, 0.6) is 0 Å². The summed E-state index contributed by atoms with van der Waals surface area (Å²) >= 11 is 0. The highest BCUT2D eigenvalue weighted by molar-refractivity contribution is 7.92. The second-order valence-corrected chi connectivity index (χ2v) is 10.2. The van der Waals surface area contributed by atoms with Gasteiger partial charge >= 0.3 is 12.0 Å². The summed E-state index contributed by atoms with van der Waals surface area (Å²) in [6.45, 7) is -0.196. The van der Waals surface area contributed by atoms with Gasteiger partial charge < -0.3 is 15.4 Å². The first kappa shape index (κ1) is 26.4. The topological polar surface area (TPSA) is 149 Å². The van der Waals surface area contributed by atoms with Gasteiger partial charge in [0.2, 0.25) is 0 Å². The quantitative estimate of drug-likeness (QED) is 0.325. The van der Waals surface area contributed by atoms with Gasteiger partial charge in [-0.25, -0.2) is 22.3 Å². The maximum absolute atomic E-state index is 13.3. The Kier molecular flexibility index (Phi) is 7.76. The summed E-state index contributed by atoms with van der Waals surface area (Å²) in [7, 11) is -3.17. The standard InChI is InChI=1S/C25H22FN5O6S/c1-37-24(33)22(14-15-31-23(32)20-4-2-3-5-21(20)29-30-31)38(35,36)19-12-10-18(11-13-19)28-25(34)27-17-8-6-16(26)7-9-17/h2-13,22H,14-15H2,1H3,(H2,27,28,34). The Hall–Kier alpha value is -4.65. The minimum Gasteiger partial charge on any atom is -0.468 e. The first-order chi connectivity index (χ1) is 18.2. The number of esters is 1. The molecule has 4 rings (SSSR count). The van der Waals surface area contributed by atoms with E-state index < -0.39 is 38.5 Å². The number of rotatable bonds is 8. The van der Waals surface area contributed by atoms with Crippen LogP contribution in [0.1, 0.15) is 6.42 Å². The fourth-order valence-electron chi connectivity index (χ4n) is 3.66. The molecular weight excluding hydrogens is 517 g/mol. The average molecular weight is 540 g/mol. The molecule has 0 spiro atoms. The Morgan fingerprint density at radius 2 is 1.58 bits per heavy atom. The zero-order valence-electron chi connectivity index (χ0n) is 20.0. The number of carbonyl (C=O) groups excluding carboxylic acids is 2. The van der Waals surface area contributed by atoms with Gasteiger partial charge in [-0.05, 0) is 67.1 Å². The number of nitrogens with zero attached hydrogens (tertiary/aromatic N) is 3. The maximum Gasteiger partial charge on any atom is 0.324 e. The number of urea groups is 1. The Morgan fingerprint density at radius 3 is 2.21 bits per heavy atom. The Morgan fingerprint density at radius 1 is 0.974 bits per heavy atom. The van der Waals surface area contributed by atoms with E-state index in [-0.39, 0.29) is 23.5 Å². The molecule has 1 atom stereocenters. The fourth-order valence-corrected chi connectivity index (χ4v) is 5.27. The average Bonchev–Trinajstić information content (AvgIpc) is 2.91. The highest BCUT2D eigenvalue weighted by Gasteiger charge is 2.35. The van der Waals surface area contributed by atoms with Crippen LogP contribution in [0, 0.1) is 5.82 Å². The molecule has 38 heavy (non-hydrogen) atoms. The molecular formula is C25H22FN5O6S. The molecule has 0 radical (unpaired) electrons. The van der Waals surface area contributed by atoms with Crippen molar-refractivity contribution in [2.24, 2.45) is 0 Å². The number of aromatic nitrogens is 3. The van der Waals surface area contributed by atoms with Crippen LogP contribution < -0.4 is 16.2 Å². The zero-order chi connectivity index (χ0) is 27.3. The summed E-state index contributed by atoms with van der Waals surface area (Å²) in [4.78, 5) is 37.1. The summed E-state index contributed by atoms with van der Waals surface area (Å²) in [5, 5.41) is 11.5. The number of carbonyl (C=O) groups is 2. The molecule has 2 N–H and O–H groups in total. The number of nitrogens with one attached hydrogen (secondary N) is 2. The number of aryl methyl sites for hydroxylation is 1. The van der Waals surface area contributed by atoms with Crippen molar-refractivity contribution >= 4 is 44.1 Å². The number of sulfone groups is 1. The number of amides is 2. The van der Waals surface area contributed by atoms with Crippen molar-refractivity contribution < 1.29 is 27.1 Å². The van der Waals surface area contributed by atoms with E-state index in [2.05, 4.69) is 20.9 Å². The van der Waals surface area contributed by atoms with E-state index in [1.54, 1.807) is 24.3 Å². The minimum atomic E-state index is -4.24. The smallest absolute Gasteiger partial charge is 0.324 e. The lowest BCUT2D eigenvalue weighted by molar-refractivity contribution is -0.140. The number of halogens is 1. The Labute approximate surface area is 216 Å². The zero-order valence-corrected chi connectivity index (χ0v) is 20.8. The lowest BCUT2D eigenvalue weighted by Crippen LogP contribution is -2.34.